The van der Waals surface area contributed by atoms with Gasteiger partial charge in [-0.25, -0.2) is 0 Å². The molecule has 0 heterocycles. The summed E-state index contributed by atoms with van der Waals surface area (Å²) < 4.78 is 10.5. The summed E-state index contributed by atoms with van der Waals surface area (Å²) >= 11 is 0. The third-order valence-electron chi connectivity index (χ3n) is 2.43. The van der Waals surface area contributed by atoms with E-state index in [1.807, 2.05) is 30.3 Å². The van der Waals surface area contributed by atoms with E-state index in [0.29, 0.717) is 25.8 Å². The quantitative estimate of drug-likeness (QED) is 0.674. The van der Waals surface area contributed by atoms with Gasteiger partial charge >= 0.3 is 0 Å². The molecule has 4 nitrogen and oxygen atoms in total. The first kappa shape index (κ1) is 14.0. The van der Waals surface area contributed by atoms with E-state index in [-0.39, 0.29) is 0 Å². The Morgan fingerprint density at radius 2 is 1.94 bits per heavy atom. The van der Waals surface area contributed by atoms with Gasteiger partial charge in [-0.05, 0) is 19.1 Å². The summed E-state index contributed by atoms with van der Waals surface area (Å²) in [6.07, 6.45) is -0.463. The van der Waals surface area contributed by atoms with E-state index < -0.39 is 6.10 Å². The second kappa shape index (κ2) is 8.06. The topological polar surface area (TPSA) is 55.3 Å². The van der Waals surface area contributed by atoms with E-state index in [1.54, 1.807) is 7.11 Å². The van der Waals surface area contributed by atoms with Crippen molar-refractivity contribution < 1.29 is 19.9 Å². The van der Waals surface area contributed by atoms with Gasteiger partial charge in [0.25, 0.3) is 0 Å². The lowest BCUT2D eigenvalue weighted by atomic mass is 10.3. The molecule has 0 aliphatic heterocycles. The van der Waals surface area contributed by atoms with Gasteiger partial charge < -0.3 is 19.9 Å². The van der Waals surface area contributed by atoms with E-state index in [0.717, 1.165) is 5.75 Å². The molecule has 1 rings (SSSR count). The number of ether oxygens (including phenoxy) is 2. The lowest BCUT2D eigenvalue weighted by molar-refractivity contribution is -0.693. The average molecular weight is 240 g/mol. The van der Waals surface area contributed by atoms with E-state index >= 15 is 0 Å². The molecule has 0 saturated heterocycles. The highest BCUT2D eigenvalue weighted by molar-refractivity contribution is 5.20. The van der Waals surface area contributed by atoms with Crippen molar-refractivity contribution in [3.05, 3.63) is 30.3 Å². The zero-order valence-electron chi connectivity index (χ0n) is 10.5. The lowest BCUT2D eigenvalue weighted by Gasteiger charge is -2.14. The smallest absolute Gasteiger partial charge is 0.137 e. The van der Waals surface area contributed by atoms with Crippen LogP contribution in [0.15, 0.2) is 30.3 Å². The summed E-state index contributed by atoms with van der Waals surface area (Å²) in [4.78, 5) is 0. The van der Waals surface area contributed by atoms with Crippen LogP contribution in [0.4, 0.5) is 0 Å². The number of hydrogen-bond donors (Lipinski definition) is 2. The number of rotatable bonds is 8. The maximum atomic E-state index is 9.73. The van der Waals surface area contributed by atoms with Gasteiger partial charge in [0.1, 0.15) is 31.0 Å². The van der Waals surface area contributed by atoms with Crippen LogP contribution in [-0.2, 0) is 4.74 Å². The van der Waals surface area contributed by atoms with Crippen LogP contribution in [0.2, 0.25) is 0 Å². The van der Waals surface area contributed by atoms with Gasteiger partial charge in [-0.3, -0.25) is 0 Å². The molecule has 1 aromatic carbocycles. The fraction of sp³-hybridized carbons (Fsp3) is 0.538. The summed E-state index contributed by atoms with van der Waals surface area (Å²) in [7, 11) is 1.68. The fourth-order valence-corrected chi connectivity index (χ4v) is 1.50. The van der Waals surface area contributed by atoms with Crippen molar-refractivity contribution >= 4 is 0 Å². The highest BCUT2D eigenvalue weighted by Gasteiger charge is 2.10. The molecule has 0 aliphatic carbocycles. The van der Waals surface area contributed by atoms with Crippen LogP contribution < -0.4 is 10.1 Å². The molecule has 0 aliphatic rings. The van der Waals surface area contributed by atoms with Crippen LogP contribution in [0.25, 0.3) is 0 Å². The van der Waals surface area contributed by atoms with Crippen molar-refractivity contribution in [3.8, 4) is 5.75 Å². The first-order valence-corrected chi connectivity index (χ1v) is 5.90. The molecule has 0 amide bonds. The number of aliphatic hydroxyl groups is 1. The van der Waals surface area contributed by atoms with Crippen molar-refractivity contribution in [1.29, 1.82) is 0 Å². The summed E-state index contributed by atoms with van der Waals surface area (Å²) in [5.74, 6) is 0.788. The molecule has 96 valence electrons. The van der Waals surface area contributed by atoms with E-state index in [1.165, 1.54) is 0 Å². The van der Waals surface area contributed by atoms with Crippen LogP contribution >= 0.6 is 0 Å². The SMILES string of the molecule is COC[C@@H](C)[NH2+]C[C@@H](O)COc1ccccc1. The first-order chi connectivity index (χ1) is 8.22. The first-order valence-electron chi connectivity index (χ1n) is 5.90. The van der Waals surface area contributed by atoms with Crippen LogP contribution in [0.5, 0.6) is 5.75 Å². The summed E-state index contributed by atoms with van der Waals surface area (Å²) in [5.41, 5.74) is 0. The molecule has 3 N–H and O–H groups in total. The van der Waals surface area contributed by atoms with Gasteiger partial charge in [-0.2, -0.15) is 0 Å². The number of nitrogens with two attached hydrogens (primary N) is 1. The normalized spacial score (nSPS) is 14.3. The Hall–Kier alpha value is -1.10. The zero-order valence-corrected chi connectivity index (χ0v) is 10.5. The molecule has 2 atom stereocenters. The van der Waals surface area contributed by atoms with Crippen molar-refractivity contribution in [2.75, 3.05) is 26.9 Å². The second-order valence-corrected chi connectivity index (χ2v) is 4.18. The zero-order chi connectivity index (χ0) is 12.5. The molecule has 0 bridgehead atoms. The fourth-order valence-electron chi connectivity index (χ4n) is 1.50. The van der Waals surface area contributed by atoms with Crippen LogP contribution in [0.3, 0.4) is 0 Å². The Bertz CT molecular complexity index is 292. The third-order valence-corrected chi connectivity index (χ3v) is 2.43. The van der Waals surface area contributed by atoms with Crippen molar-refractivity contribution in [2.45, 2.75) is 19.1 Å². The molecule has 0 spiro atoms. The molecule has 0 radical (unpaired) electrons. The molecule has 0 aromatic heterocycles. The maximum absolute atomic E-state index is 9.73. The van der Waals surface area contributed by atoms with Gasteiger partial charge in [0, 0.05) is 7.11 Å². The number of aliphatic hydroxyl groups excluding tert-OH is 1. The van der Waals surface area contributed by atoms with E-state index in [2.05, 4.69) is 12.2 Å². The largest absolute Gasteiger partial charge is 0.491 e. The number of para-hydroxylation sites is 1. The van der Waals surface area contributed by atoms with Crippen molar-refractivity contribution in [3.63, 3.8) is 0 Å². The number of benzene rings is 1. The van der Waals surface area contributed by atoms with E-state index in [4.69, 9.17) is 9.47 Å². The maximum Gasteiger partial charge on any atom is 0.137 e. The lowest BCUT2D eigenvalue weighted by Crippen LogP contribution is -2.92. The van der Waals surface area contributed by atoms with Gasteiger partial charge in [0.15, 0.2) is 0 Å². The van der Waals surface area contributed by atoms with Crippen LogP contribution in [0, 0.1) is 0 Å². The molecular formula is C13H22NO3+. The minimum absolute atomic E-state index is 0.320. The standard InChI is InChI=1S/C13H21NO3/c1-11(9-16-2)14-8-12(15)10-17-13-6-4-3-5-7-13/h3-7,11-12,14-15H,8-10H2,1-2H3/p+1/t11-,12-/m1/s1. The van der Waals surface area contributed by atoms with Gasteiger partial charge in [-0.1, -0.05) is 18.2 Å². The Morgan fingerprint density at radius 1 is 1.24 bits per heavy atom. The minimum Gasteiger partial charge on any atom is -0.491 e. The number of quaternary nitrogens is 1. The van der Waals surface area contributed by atoms with Gasteiger partial charge in [0.05, 0.1) is 6.61 Å². The molecule has 0 unspecified atom stereocenters. The highest BCUT2D eigenvalue weighted by Crippen LogP contribution is 2.07. The summed E-state index contributed by atoms with van der Waals surface area (Å²) in [6, 6.07) is 9.87. The van der Waals surface area contributed by atoms with Crippen molar-refractivity contribution in [2.24, 2.45) is 0 Å². The Kier molecular flexibility index (Phi) is 6.62. The predicted molar refractivity (Wildman–Crippen MR) is 66.1 cm³/mol. The average Bonchev–Trinajstić information content (AvgIpc) is 2.35. The molecule has 4 heteroatoms. The Morgan fingerprint density at radius 3 is 2.59 bits per heavy atom. The predicted octanol–water partition coefficient (Wildman–Crippen LogP) is 0.0246. The Labute approximate surface area is 103 Å². The molecule has 0 fully saturated rings. The summed E-state index contributed by atoms with van der Waals surface area (Å²) in [6.45, 7) is 3.69. The number of methoxy groups -OCH3 is 1. The minimum atomic E-state index is -0.463. The molecule has 17 heavy (non-hydrogen) atoms. The van der Waals surface area contributed by atoms with Crippen LogP contribution in [-0.4, -0.2) is 44.1 Å². The summed E-state index contributed by atoms with van der Waals surface area (Å²) in [5, 5.41) is 11.8. The second-order valence-electron chi connectivity index (χ2n) is 4.18. The highest BCUT2D eigenvalue weighted by atomic mass is 16.5. The van der Waals surface area contributed by atoms with E-state index in [9.17, 15) is 5.11 Å². The third kappa shape index (κ3) is 6.26. The van der Waals surface area contributed by atoms with Gasteiger partial charge in [-0.15, -0.1) is 0 Å². The molecule has 1 aromatic rings. The van der Waals surface area contributed by atoms with Crippen LogP contribution in [0.1, 0.15) is 6.92 Å². The van der Waals surface area contributed by atoms with Gasteiger partial charge in [0.2, 0.25) is 0 Å². The van der Waals surface area contributed by atoms with Crippen molar-refractivity contribution in [1.82, 2.24) is 0 Å². The monoisotopic (exact) mass is 240 g/mol. The number of hydrogen-bond acceptors (Lipinski definition) is 3. The molecule has 0 saturated carbocycles. The molecular weight excluding hydrogens is 218 g/mol. The Balaban J connectivity index is 2.15.